The van der Waals surface area contributed by atoms with E-state index in [0.717, 1.165) is 19.8 Å². The van der Waals surface area contributed by atoms with E-state index in [1.54, 1.807) is 0 Å². The minimum absolute atomic E-state index is 0.827. The summed E-state index contributed by atoms with van der Waals surface area (Å²) >= 11 is 0. The Morgan fingerprint density at radius 1 is 1.38 bits per heavy atom. The van der Waals surface area contributed by atoms with E-state index < -0.39 is 0 Å². The molecule has 0 heterocycles. The van der Waals surface area contributed by atoms with Crippen molar-refractivity contribution in [1.82, 2.24) is 4.90 Å². The van der Waals surface area contributed by atoms with Gasteiger partial charge in [0.15, 0.2) is 0 Å². The summed E-state index contributed by atoms with van der Waals surface area (Å²) < 4.78 is 5.10. The molecule has 2 nitrogen and oxygen atoms in total. The maximum Gasteiger partial charge on any atom is 0.145 e. The molecule has 0 aromatic rings. The average Bonchev–Trinajstić information content (AvgIpc) is 1.66. The van der Waals surface area contributed by atoms with Crippen LogP contribution < -0.4 is 4.90 Å². The number of nitrogens with zero attached hydrogens (tertiary/aromatic N) is 1. The highest BCUT2D eigenvalue weighted by Crippen LogP contribution is 1.73. The van der Waals surface area contributed by atoms with Gasteiger partial charge in [0.1, 0.15) is 27.2 Å². The monoisotopic (exact) mass is 117 g/mol. The molecule has 8 heavy (non-hydrogen) atoms. The fourth-order valence-electron chi connectivity index (χ4n) is 0.391. The molecule has 2 heteroatoms. The summed E-state index contributed by atoms with van der Waals surface area (Å²) in [7, 11) is 4.08. The Bertz CT molecular complexity index is 45.8. The second kappa shape index (κ2) is 5.06. The molecule has 0 aliphatic rings. The van der Waals surface area contributed by atoms with Gasteiger partial charge in [-0.3, -0.25) is 0 Å². The van der Waals surface area contributed by atoms with Crippen molar-refractivity contribution in [3.8, 4) is 0 Å². The van der Waals surface area contributed by atoms with Gasteiger partial charge in [-0.15, -0.1) is 0 Å². The lowest BCUT2D eigenvalue weighted by Crippen LogP contribution is -2.23. The Hall–Kier alpha value is -0.0800. The third-order valence-corrected chi connectivity index (χ3v) is 0.887. The number of likely N-dealkylation sites (N-methyl/N-ethyl adjacent to an activating group) is 1. The molecule has 0 saturated carbocycles. The van der Waals surface area contributed by atoms with E-state index in [1.807, 2.05) is 21.0 Å². The molecular weight excluding hydrogens is 102 g/mol. The van der Waals surface area contributed by atoms with E-state index in [1.165, 1.54) is 0 Å². The van der Waals surface area contributed by atoms with Crippen molar-refractivity contribution >= 4 is 0 Å². The molecule has 0 rings (SSSR count). The average molecular weight is 117 g/mol. The summed E-state index contributed by atoms with van der Waals surface area (Å²) in [5, 5.41) is 0. The van der Waals surface area contributed by atoms with Gasteiger partial charge in [0, 0.05) is 6.61 Å². The van der Waals surface area contributed by atoms with Crippen LogP contribution in [0.3, 0.4) is 0 Å². The van der Waals surface area contributed by atoms with Crippen LogP contribution in [0.2, 0.25) is 0 Å². The van der Waals surface area contributed by atoms with E-state index in [0.29, 0.717) is 0 Å². The number of hydrogen-bond acceptors (Lipinski definition) is 2. The lowest BCUT2D eigenvalue weighted by molar-refractivity contribution is 0.142. The highest BCUT2D eigenvalue weighted by atomic mass is 16.5. The van der Waals surface area contributed by atoms with Crippen LogP contribution in [0, 0.1) is 0 Å². The van der Waals surface area contributed by atoms with Gasteiger partial charge < -0.3 is 4.74 Å². The fraction of sp³-hybridized carbons (Fsp3) is 1.00. The van der Waals surface area contributed by atoms with E-state index >= 15 is 0 Å². The Morgan fingerprint density at radius 3 is 2.38 bits per heavy atom. The molecule has 0 amide bonds. The lowest BCUT2D eigenvalue weighted by atomic mass is 10.6. The summed E-state index contributed by atoms with van der Waals surface area (Å²) in [4.78, 5) is 2.11. The Kier molecular flexibility index (Phi) is 5.01. The highest BCUT2D eigenvalue weighted by molar-refractivity contribution is 4.44. The van der Waals surface area contributed by atoms with Crippen molar-refractivity contribution in [2.45, 2.75) is 6.92 Å². The fourth-order valence-corrected chi connectivity index (χ4v) is 0.391. The smallest absolute Gasteiger partial charge is 0.145 e. The molecule has 0 aliphatic carbocycles. The molecular formula is C6H15NO+. The summed E-state index contributed by atoms with van der Waals surface area (Å²) in [6.07, 6.45) is 0. The van der Waals surface area contributed by atoms with E-state index in [4.69, 9.17) is 4.74 Å². The van der Waals surface area contributed by atoms with Crippen molar-refractivity contribution < 1.29 is 4.74 Å². The molecule has 49 valence electrons. The molecule has 1 radical (unpaired) electrons. The summed E-state index contributed by atoms with van der Waals surface area (Å²) in [5.41, 5.74) is 0. The standard InChI is InChI=1S/C6H15NO/c1-4-8-6-5-7(2)3/h4-6H2,1-3H3/q+1. The Labute approximate surface area is 51.4 Å². The van der Waals surface area contributed by atoms with Crippen molar-refractivity contribution in [3.05, 3.63) is 0 Å². The second-order valence-corrected chi connectivity index (χ2v) is 2.00. The normalized spacial score (nSPS) is 10.5. The van der Waals surface area contributed by atoms with Crippen molar-refractivity contribution in [3.63, 3.8) is 0 Å². The minimum Gasteiger partial charge on any atom is -0.376 e. The van der Waals surface area contributed by atoms with Crippen molar-refractivity contribution in [2.24, 2.45) is 0 Å². The second-order valence-electron chi connectivity index (χ2n) is 2.00. The molecule has 0 aromatic heterocycles. The van der Waals surface area contributed by atoms with E-state index in [9.17, 15) is 0 Å². The zero-order chi connectivity index (χ0) is 6.41. The van der Waals surface area contributed by atoms with Crippen LogP contribution in [0.1, 0.15) is 6.92 Å². The van der Waals surface area contributed by atoms with E-state index in [-0.39, 0.29) is 0 Å². The minimum atomic E-state index is 0.827. The third kappa shape index (κ3) is 5.92. The first kappa shape index (κ1) is 7.92. The summed E-state index contributed by atoms with van der Waals surface area (Å²) in [5.74, 6) is 0. The first-order chi connectivity index (χ1) is 3.77. The molecule has 0 aliphatic heterocycles. The molecule has 0 spiro atoms. The first-order valence-electron chi connectivity index (χ1n) is 3.00. The largest absolute Gasteiger partial charge is 0.376 e. The summed E-state index contributed by atoms with van der Waals surface area (Å²) in [6, 6.07) is 0. The van der Waals surface area contributed by atoms with Crippen LogP contribution in [0.15, 0.2) is 0 Å². The van der Waals surface area contributed by atoms with Crippen LogP contribution in [0.25, 0.3) is 0 Å². The number of ether oxygens (including phenoxy) is 1. The molecule has 0 unspecified atom stereocenters. The highest BCUT2D eigenvalue weighted by Gasteiger charge is 1.95. The molecule has 0 atom stereocenters. The molecule has 0 saturated heterocycles. The molecule has 0 N–H and O–H groups in total. The van der Waals surface area contributed by atoms with Crippen LogP contribution >= 0.6 is 0 Å². The first-order valence-corrected chi connectivity index (χ1v) is 3.00. The van der Waals surface area contributed by atoms with Crippen molar-refractivity contribution in [1.29, 1.82) is 0 Å². The quantitative estimate of drug-likeness (QED) is 0.385. The molecule has 0 fully saturated rings. The van der Waals surface area contributed by atoms with Crippen LogP contribution in [-0.4, -0.2) is 33.9 Å². The van der Waals surface area contributed by atoms with E-state index in [2.05, 4.69) is 4.90 Å². The topological polar surface area (TPSA) is 15.1 Å². The van der Waals surface area contributed by atoms with Gasteiger partial charge in [-0.1, -0.05) is 0 Å². The van der Waals surface area contributed by atoms with Crippen molar-refractivity contribution in [2.75, 3.05) is 33.9 Å². The van der Waals surface area contributed by atoms with Gasteiger partial charge in [-0.2, -0.15) is 4.90 Å². The van der Waals surface area contributed by atoms with Crippen LogP contribution in [0.4, 0.5) is 0 Å². The Balaban J connectivity index is 2.72. The van der Waals surface area contributed by atoms with Gasteiger partial charge in [-0.25, -0.2) is 0 Å². The van der Waals surface area contributed by atoms with Gasteiger partial charge in [-0.05, 0) is 6.92 Å². The summed E-state index contributed by atoms with van der Waals surface area (Å²) in [6.45, 7) is 4.71. The number of rotatable bonds is 4. The SMILES string of the molecule is CCOCC[N+](C)C. The Morgan fingerprint density at radius 2 is 2.00 bits per heavy atom. The van der Waals surface area contributed by atoms with Gasteiger partial charge in [0.25, 0.3) is 0 Å². The molecule has 0 aromatic carbocycles. The predicted octanol–water partition coefficient (Wildman–Crippen LogP) is 0.423. The third-order valence-electron chi connectivity index (χ3n) is 0.887. The zero-order valence-corrected chi connectivity index (χ0v) is 5.98. The van der Waals surface area contributed by atoms with Crippen LogP contribution in [0.5, 0.6) is 0 Å². The van der Waals surface area contributed by atoms with Gasteiger partial charge in [0.2, 0.25) is 0 Å². The maximum atomic E-state index is 5.10. The predicted molar refractivity (Wildman–Crippen MR) is 35.3 cm³/mol. The maximum absolute atomic E-state index is 5.10. The molecule has 0 bridgehead atoms. The lowest BCUT2D eigenvalue weighted by Gasteiger charge is -1.98. The van der Waals surface area contributed by atoms with Crippen LogP contribution in [-0.2, 0) is 4.74 Å². The zero-order valence-electron chi connectivity index (χ0n) is 5.98. The number of hydrogen-bond donors (Lipinski definition) is 0. The van der Waals surface area contributed by atoms with Gasteiger partial charge >= 0.3 is 0 Å². The van der Waals surface area contributed by atoms with Gasteiger partial charge in [0.05, 0.1) is 0 Å².